The van der Waals surface area contributed by atoms with Crippen LogP contribution in [-0.4, -0.2) is 40.7 Å². The van der Waals surface area contributed by atoms with Crippen LogP contribution in [0.25, 0.3) is 0 Å². The molecule has 2 aliphatic heterocycles. The third-order valence-corrected chi connectivity index (χ3v) is 5.51. The number of hydrogen-bond donors (Lipinski definition) is 0. The molecule has 2 aliphatic rings. The van der Waals surface area contributed by atoms with E-state index in [1.165, 1.54) is 0 Å². The topological polar surface area (TPSA) is 72.5 Å². The quantitative estimate of drug-likeness (QED) is 0.661. The van der Waals surface area contributed by atoms with Gasteiger partial charge in [0.15, 0.2) is 23.0 Å². The van der Waals surface area contributed by atoms with Crippen molar-refractivity contribution in [2.24, 2.45) is 11.8 Å². The predicted octanol–water partition coefficient (Wildman–Crippen LogP) is 3.15. The second-order valence-electron chi connectivity index (χ2n) is 7.06. The second kappa shape index (κ2) is 8.21. The molecule has 3 atom stereocenters. The molecule has 2 aromatic rings. The predicted molar refractivity (Wildman–Crippen MR) is 104 cm³/mol. The Balaban J connectivity index is 1.59. The van der Waals surface area contributed by atoms with Crippen LogP contribution in [0.1, 0.15) is 17.2 Å². The van der Waals surface area contributed by atoms with Gasteiger partial charge in [0.05, 0.1) is 32.8 Å². The maximum Gasteiger partial charge on any atom is 0.309 e. The molecule has 7 nitrogen and oxygen atoms in total. The Morgan fingerprint density at radius 2 is 1.76 bits per heavy atom. The van der Waals surface area contributed by atoms with Gasteiger partial charge in [0.2, 0.25) is 6.79 Å². The van der Waals surface area contributed by atoms with E-state index < -0.39 is 0 Å². The van der Waals surface area contributed by atoms with Gasteiger partial charge in [0, 0.05) is 13.0 Å². The number of rotatable bonds is 7. The largest absolute Gasteiger partial charge is 0.493 e. The summed E-state index contributed by atoms with van der Waals surface area (Å²) in [5.41, 5.74) is 1.90. The van der Waals surface area contributed by atoms with Gasteiger partial charge in [-0.05, 0) is 41.8 Å². The zero-order valence-electron chi connectivity index (χ0n) is 16.7. The summed E-state index contributed by atoms with van der Waals surface area (Å²) in [6.45, 7) is 0.527. The van der Waals surface area contributed by atoms with E-state index in [9.17, 15) is 4.79 Å². The highest BCUT2D eigenvalue weighted by atomic mass is 16.7. The Hall–Kier alpha value is -2.93. The Kier molecular flexibility index (Phi) is 5.49. The van der Waals surface area contributed by atoms with Crippen LogP contribution in [0.5, 0.6) is 23.0 Å². The lowest BCUT2D eigenvalue weighted by atomic mass is 9.82. The minimum Gasteiger partial charge on any atom is -0.493 e. The van der Waals surface area contributed by atoms with Gasteiger partial charge in [-0.25, -0.2) is 0 Å². The van der Waals surface area contributed by atoms with E-state index in [0.29, 0.717) is 30.3 Å². The molecule has 0 bridgehead atoms. The normalized spacial score (nSPS) is 21.0. The van der Waals surface area contributed by atoms with Crippen molar-refractivity contribution in [2.75, 3.05) is 34.7 Å². The van der Waals surface area contributed by atoms with E-state index in [1.807, 2.05) is 36.4 Å². The van der Waals surface area contributed by atoms with Crippen LogP contribution in [0.3, 0.4) is 0 Å². The van der Waals surface area contributed by atoms with Crippen LogP contribution in [0.2, 0.25) is 0 Å². The number of carbonyl (C=O) groups excluding carboxylic acids is 1. The number of ether oxygens (including phenoxy) is 6. The van der Waals surface area contributed by atoms with Crippen molar-refractivity contribution >= 4 is 5.97 Å². The molecule has 0 aliphatic carbocycles. The maximum atomic E-state index is 12.5. The first-order valence-electron chi connectivity index (χ1n) is 9.44. The van der Waals surface area contributed by atoms with Crippen molar-refractivity contribution < 1.29 is 33.2 Å². The van der Waals surface area contributed by atoms with Crippen molar-refractivity contribution in [3.8, 4) is 23.0 Å². The molecule has 0 aromatic heterocycles. The lowest BCUT2D eigenvalue weighted by Gasteiger charge is -2.25. The van der Waals surface area contributed by atoms with Crippen molar-refractivity contribution in [1.29, 1.82) is 0 Å². The summed E-state index contributed by atoms with van der Waals surface area (Å²) >= 11 is 0. The molecule has 0 amide bonds. The molecule has 0 spiro atoms. The number of carbonyl (C=O) groups is 1. The number of cyclic esters (lactones) is 1. The Bertz CT molecular complexity index is 895. The first kappa shape index (κ1) is 19.4. The van der Waals surface area contributed by atoms with E-state index in [0.717, 1.165) is 16.9 Å². The summed E-state index contributed by atoms with van der Waals surface area (Å²) in [5, 5.41) is 0. The monoisotopic (exact) mass is 400 g/mol. The molecule has 7 heteroatoms. The fraction of sp³-hybridized carbons (Fsp3) is 0.409. The molecule has 4 rings (SSSR count). The zero-order valence-corrected chi connectivity index (χ0v) is 16.7. The molecule has 0 radical (unpaired) electrons. The van der Waals surface area contributed by atoms with Crippen LogP contribution in [0.4, 0.5) is 0 Å². The number of fused-ring (bicyclic) bond motifs is 1. The lowest BCUT2D eigenvalue weighted by molar-refractivity contribution is -0.141. The van der Waals surface area contributed by atoms with Gasteiger partial charge < -0.3 is 28.4 Å². The van der Waals surface area contributed by atoms with Crippen LogP contribution in [0, 0.1) is 11.8 Å². The standard InChI is InChI=1S/C22H24O7/c1-24-17-7-5-14(10-19(17)25-2)21(26-3)16-11-27-22(23)15(16)8-13-4-6-18-20(9-13)29-12-28-18/h4-7,9-10,15-16,21H,8,11-12H2,1-3H3/t15-,16+,21-/m0/s1. The third-order valence-electron chi connectivity index (χ3n) is 5.51. The summed E-state index contributed by atoms with van der Waals surface area (Å²) < 4.78 is 32.8. The van der Waals surface area contributed by atoms with Crippen molar-refractivity contribution in [2.45, 2.75) is 12.5 Å². The molecule has 29 heavy (non-hydrogen) atoms. The highest BCUT2D eigenvalue weighted by Crippen LogP contribution is 2.41. The van der Waals surface area contributed by atoms with Gasteiger partial charge in [-0.15, -0.1) is 0 Å². The molecule has 2 aromatic carbocycles. The minimum absolute atomic E-state index is 0.129. The van der Waals surface area contributed by atoms with Crippen LogP contribution in [0.15, 0.2) is 36.4 Å². The average Bonchev–Trinajstić information content (AvgIpc) is 3.35. The van der Waals surface area contributed by atoms with E-state index in [2.05, 4.69) is 0 Å². The molecule has 1 fully saturated rings. The van der Waals surface area contributed by atoms with Crippen LogP contribution in [-0.2, 0) is 20.7 Å². The summed E-state index contributed by atoms with van der Waals surface area (Å²) in [7, 11) is 4.83. The SMILES string of the molecule is COc1ccc([C@H](OC)[C@@H]2COC(=O)[C@H]2Cc2ccc3c(c2)OCO3)cc1OC. The Morgan fingerprint density at radius 3 is 2.52 bits per heavy atom. The van der Waals surface area contributed by atoms with E-state index >= 15 is 0 Å². The molecular weight excluding hydrogens is 376 g/mol. The number of benzene rings is 2. The zero-order chi connectivity index (χ0) is 20.4. The highest BCUT2D eigenvalue weighted by Gasteiger charge is 2.42. The van der Waals surface area contributed by atoms with Gasteiger partial charge in [0.25, 0.3) is 0 Å². The molecular formula is C22H24O7. The summed E-state index contributed by atoms with van der Waals surface area (Å²) in [5.74, 6) is 2.01. The molecule has 154 valence electrons. The molecule has 0 unspecified atom stereocenters. The van der Waals surface area contributed by atoms with Crippen LogP contribution < -0.4 is 18.9 Å². The van der Waals surface area contributed by atoms with Gasteiger partial charge >= 0.3 is 5.97 Å². The molecule has 0 saturated carbocycles. The van der Waals surface area contributed by atoms with Gasteiger partial charge in [0.1, 0.15) is 0 Å². The van der Waals surface area contributed by atoms with E-state index in [-0.39, 0.29) is 30.7 Å². The first-order chi connectivity index (χ1) is 14.1. The number of esters is 1. The lowest BCUT2D eigenvalue weighted by Crippen LogP contribution is -2.25. The number of methoxy groups -OCH3 is 3. The van der Waals surface area contributed by atoms with Gasteiger partial charge in [-0.2, -0.15) is 0 Å². The van der Waals surface area contributed by atoms with E-state index in [1.54, 1.807) is 21.3 Å². The molecule has 1 saturated heterocycles. The van der Waals surface area contributed by atoms with Gasteiger partial charge in [-0.1, -0.05) is 12.1 Å². The third kappa shape index (κ3) is 3.70. The second-order valence-corrected chi connectivity index (χ2v) is 7.06. The maximum absolute atomic E-state index is 12.5. The van der Waals surface area contributed by atoms with Crippen molar-refractivity contribution in [3.63, 3.8) is 0 Å². The van der Waals surface area contributed by atoms with Crippen LogP contribution >= 0.6 is 0 Å². The highest BCUT2D eigenvalue weighted by molar-refractivity contribution is 5.75. The fourth-order valence-electron chi connectivity index (χ4n) is 4.02. The van der Waals surface area contributed by atoms with Gasteiger partial charge in [-0.3, -0.25) is 4.79 Å². The molecule has 0 N–H and O–H groups in total. The summed E-state index contributed by atoms with van der Waals surface area (Å²) in [6.07, 6.45) is 0.216. The first-order valence-corrected chi connectivity index (χ1v) is 9.44. The van der Waals surface area contributed by atoms with E-state index in [4.69, 9.17) is 28.4 Å². The Labute approximate surface area is 169 Å². The number of hydrogen-bond acceptors (Lipinski definition) is 7. The van der Waals surface area contributed by atoms with Crippen molar-refractivity contribution in [1.82, 2.24) is 0 Å². The smallest absolute Gasteiger partial charge is 0.309 e. The average molecular weight is 400 g/mol. The van der Waals surface area contributed by atoms with Crippen molar-refractivity contribution in [3.05, 3.63) is 47.5 Å². The fourth-order valence-corrected chi connectivity index (χ4v) is 4.02. The minimum atomic E-state index is -0.326. The Morgan fingerprint density at radius 1 is 0.966 bits per heavy atom. The molecule has 2 heterocycles. The summed E-state index contributed by atoms with van der Waals surface area (Å²) in [6, 6.07) is 11.4. The summed E-state index contributed by atoms with van der Waals surface area (Å²) in [4.78, 5) is 12.5.